The smallest absolute Gasteiger partial charge is 0.264 e. The number of carbonyl (C=O) groups excluding carboxylic acids is 2. The summed E-state index contributed by atoms with van der Waals surface area (Å²) in [5.41, 5.74) is 6.41. The summed E-state index contributed by atoms with van der Waals surface area (Å²) < 4.78 is 34.0. The second kappa shape index (κ2) is 9.92. The maximum atomic E-state index is 14.7. The van der Waals surface area contributed by atoms with Crippen molar-refractivity contribution in [1.29, 1.82) is 0 Å². The Balaban J connectivity index is 1.35. The van der Waals surface area contributed by atoms with Crippen LogP contribution in [0.25, 0.3) is 22.2 Å². The summed E-state index contributed by atoms with van der Waals surface area (Å²) in [5, 5.41) is 1.08. The summed E-state index contributed by atoms with van der Waals surface area (Å²) in [7, 11) is -2.04. The molecule has 2 aliphatic carbocycles. The molecule has 5 aliphatic rings. The van der Waals surface area contributed by atoms with Crippen molar-refractivity contribution in [1.82, 2.24) is 14.2 Å². The molecule has 1 saturated heterocycles. The van der Waals surface area contributed by atoms with E-state index in [0.29, 0.717) is 19.0 Å². The van der Waals surface area contributed by atoms with Gasteiger partial charge < -0.3 is 14.2 Å². The van der Waals surface area contributed by atoms with Crippen molar-refractivity contribution in [3.8, 4) is 17.0 Å². The summed E-state index contributed by atoms with van der Waals surface area (Å²) in [4.78, 5) is 34.5. The number of ether oxygens (including phenoxy) is 1. The Hall–Kier alpha value is -3.66. The number of hydrogen-bond acceptors (Lipinski definition) is 6. The largest absolute Gasteiger partial charge is 0.497 e. The Morgan fingerprint density at radius 2 is 1.89 bits per heavy atom. The normalized spacial score (nSPS) is 25.9. The van der Waals surface area contributed by atoms with Crippen molar-refractivity contribution in [2.24, 2.45) is 10.4 Å². The van der Waals surface area contributed by atoms with Gasteiger partial charge in [0, 0.05) is 59.2 Å². The van der Waals surface area contributed by atoms with Gasteiger partial charge in [-0.05, 0) is 73.1 Å². The van der Waals surface area contributed by atoms with Gasteiger partial charge in [-0.3, -0.25) is 14.6 Å². The second-order valence-corrected chi connectivity index (χ2v) is 15.3. The zero-order chi connectivity index (χ0) is 30.4. The van der Waals surface area contributed by atoms with Gasteiger partial charge in [0.05, 0.1) is 31.0 Å². The molecular weight excluding hydrogens is 576 g/mol. The van der Waals surface area contributed by atoms with E-state index in [1.54, 1.807) is 13.2 Å². The van der Waals surface area contributed by atoms with Crippen molar-refractivity contribution in [3.05, 3.63) is 53.1 Å². The molecule has 3 aromatic rings. The highest BCUT2D eigenvalue weighted by Crippen LogP contribution is 2.66. The highest BCUT2D eigenvalue weighted by atomic mass is 32.2. The number of sulfonamides is 1. The topological polar surface area (TPSA) is 110 Å². The molecule has 4 heterocycles. The van der Waals surface area contributed by atoms with Gasteiger partial charge in [0.1, 0.15) is 5.75 Å². The van der Waals surface area contributed by atoms with Crippen LogP contribution in [0.1, 0.15) is 84.7 Å². The molecule has 3 atom stereocenters. The number of benzene rings is 2. The molecule has 0 spiro atoms. The van der Waals surface area contributed by atoms with Crippen molar-refractivity contribution < 1.29 is 22.7 Å². The quantitative estimate of drug-likeness (QED) is 0.436. The van der Waals surface area contributed by atoms with E-state index in [-0.39, 0.29) is 23.4 Å². The van der Waals surface area contributed by atoms with Crippen molar-refractivity contribution in [2.45, 2.75) is 75.8 Å². The Morgan fingerprint density at radius 3 is 2.64 bits per heavy atom. The van der Waals surface area contributed by atoms with E-state index in [2.05, 4.69) is 31.3 Å². The van der Waals surface area contributed by atoms with E-state index in [4.69, 9.17) is 4.74 Å². The summed E-state index contributed by atoms with van der Waals surface area (Å²) in [5.74, 6) is 0.765. The lowest BCUT2D eigenvalue weighted by Crippen LogP contribution is -2.42. The van der Waals surface area contributed by atoms with E-state index >= 15 is 0 Å². The highest BCUT2D eigenvalue weighted by molar-refractivity contribution is 7.89. The number of nitrogens with zero attached hydrogens (tertiary/aromatic N) is 3. The van der Waals surface area contributed by atoms with Gasteiger partial charge in [0.25, 0.3) is 5.91 Å². The van der Waals surface area contributed by atoms with E-state index < -0.39 is 21.3 Å². The first-order valence-corrected chi connectivity index (χ1v) is 17.8. The third kappa shape index (κ3) is 4.31. The van der Waals surface area contributed by atoms with Gasteiger partial charge in [-0.2, -0.15) is 0 Å². The molecule has 10 heteroatoms. The number of aromatic nitrogens is 1. The van der Waals surface area contributed by atoms with E-state index in [1.807, 2.05) is 18.2 Å². The van der Waals surface area contributed by atoms with Gasteiger partial charge in [0.15, 0.2) is 0 Å². The third-order valence-electron chi connectivity index (χ3n) is 10.8. The van der Waals surface area contributed by atoms with Gasteiger partial charge in [0.2, 0.25) is 15.9 Å². The molecule has 8 rings (SSSR count). The Bertz CT molecular complexity index is 1870. The fourth-order valence-electron chi connectivity index (χ4n) is 8.69. The number of carbonyl (C=O) groups is 2. The fourth-order valence-corrected chi connectivity index (χ4v) is 9.14. The molecule has 230 valence electrons. The van der Waals surface area contributed by atoms with Gasteiger partial charge in [-0.1, -0.05) is 25.3 Å². The maximum Gasteiger partial charge on any atom is 0.264 e. The molecule has 2 saturated carbocycles. The van der Waals surface area contributed by atoms with Gasteiger partial charge in [-0.25, -0.2) is 13.1 Å². The fraction of sp³-hybridized carbons (Fsp3) is 0.500. The minimum absolute atomic E-state index is 0.0633. The van der Waals surface area contributed by atoms with Crippen LogP contribution in [0.5, 0.6) is 5.75 Å². The SMILES string of the molecule is COc1ccc2c(c1)C1CC1(C(=O)N1CC3=NCCC1C3)Cn1c-2c(C2CCCCC2)c2ccc(C(=O)NS(C)(=O)=O)cc21. The summed E-state index contributed by atoms with van der Waals surface area (Å²) in [6.45, 7) is 1.92. The van der Waals surface area contributed by atoms with Crippen LogP contribution < -0.4 is 9.46 Å². The zero-order valence-corrected chi connectivity index (χ0v) is 26.1. The highest BCUT2D eigenvalue weighted by Gasteiger charge is 2.64. The van der Waals surface area contributed by atoms with Gasteiger partial charge >= 0.3 is 0 Å². The van der Waals surface area contributed by atoms with Crippen LogP contribution in [-0.2, 0) is 21.4 Å². The molecule has 2 bridgehead atoms. The number of amides is 2. The molecule has 2 amide bonds. The van der Waals surface area contributed by atoms with E-state index in [9.17, 15) is 18.0 Å². The van der Waals surface area contributed by atoms with Crippen LogP contribution in [0.2, 0.25) is 0 Å². The summed E-state index contributed by atoms with van der Waals surface area (Å²) in [6.07, 6.45) is 9.29. The molecular formula is C34H38N4O5S. The number of methoxy groups -OCH3 is 1. The number of nitrogens with one attached hydrogen (secondary N) is 1. The molecule has 44 heavy (non-hydrogen) atoms. The van der Waals surface area contributed by atoms with Crippen molar-refractivity contribution in [3.63, 3.8) is 0 Å². The molecule has 0 radical (unpaired) electrons. The molecule has 1 N–H and O–H groups in total. The average molecular weight is 615 g/mol. The second-order valence-electron chi connectivity index (χ2n) is 13.5. The third-order valence-corrected chi connectivity index (χ3v) is 11.4. The zero-order valence-electron chi connectivity index (χ0n) is 25.3. The van der Waals surface area contributed by atoms with Crippen molar-refractivity contribution in [2.75, 3.05) is 26.5 Å². The molecule has 3 unspecified atom stereocenters. The van der Waals surface area contributed by atoms with Crippen LogP contribution in [0.15, 0.2) is 41.4 Å². The molecule has 9 nitrogen and oxygen atoms in total. The molecule has 2 aromatic carbocycles. The summed E-state index contributed by atoms with van der Waals surface area (Å²) >= 11 is 0. The lowest BCUT2D eigenvalue weighted by atomic mass is 9.81. The monoisotopic (exact) mass is 614 g/mol. The number of fused-ring (bicyclic) bond motifs is 9. The standard InChI is InChI=1S/C34H38N4O5S/c1-43-24-9-11-25-27(16-24)28-17-34(28,33(40)37-18-22-15-23(37)12-13-35-22)19-38-29-14-21(32(39)36-44(2,41)42)8-10-26(29)30(31(25)38)20-6-4-3-5-7-20/h8-11,14,16,20,23,28H,3-7,12-13,15,17-19H2,1-2H3,(H,36,39). The van der Waals surface area contributed by atoms with Crippen LogP contribution >= 0.6 is 0 Å². The number of aliphatic imine (C=N–C) groups is 1. The van der Waals surface area contributed by atoms with E-state index in [1.165, 1.54) is 24.8 Å². The summed E-state index contributed by atoms with van der Waals surface area (Å²) in [6, 6.07) is 12.0. The van der Waals surface area contributed by atoms with Crippen molar-refractivity contribution >= 4 is 38.5 Å². The van der Waals surface area contributed by atoms with Crippen LogP contribution in [0.3, 0.4) is 0 Å². The van der Waals surface area contributed by atoms with Crippen LogP contribution in [0.4, 0.5) is 0 Å². The van der Waals surface area contributed by atoms with E-state index in [0.717, 1.165) is 84.1 Å². The minimum atomic E-state index is -3.72. The minimum Gasteiger partial charge on any atom is -0.497 e. The number of rotatable bonds is 5. The Kier molecular flexibility index (Phi) is 6.28. The molecule has 3 fully saturated rings. The average Bonchev–Trinajstić information content (AvgIpc) is 3.59. The predicted octanol–water partition coefficient (Wildman–Crippen LogP) is 4.99. The first kappa shape index (κ1) is 27.9. The lowest BCUT2D eigenvalue weighted by molar-refractivity contribution is -0.138. The first-order chi connectivity index (χ1) is 21.2. The number of hydrogen-bond donors (Lipinski definition) is 1. The van der Waals surface area contributed by atoms with Gasteiger partial charge in [-0.15, -0.1) is 0 Å². The Morgan fingerprint density at radius 1 is 1.07 bits per heavy atom. The van der Waals surface area contributed by atoms with Crippen LogP contribution in [0, 0.1) is 5.41 Å². The van der Waals surface area contributed by atoms with Crippen LogP contribution in [-0.4, -0.2) is 67.9 Å². The number of likely N-dealkylation sites (tertiary alicyclic amines) is 1. The maximum absolute atomic E-state index is 14.7. The first-order valence-electron chi connectivity index (χ1n) is 15.9. The molecule has 1 aromatic heterocycles. The lowest BCUT2D eigenvalue weighted by Gasteiger charge is -2.29. The Labute approximate surface area is 257 Å². The predicted molar refractivity (Wildman–Crippen MR) is 169 cm³/mol. The molecule has 3 aliphatic heterocycles.